The molecule has 0 aliphatic carbocycles. The van der Waals surface area contributed by atoms with Crippen LogP contribution in [0.15, 0.2) is 18.3 Å². The number of rotatable bonds is 1. The van der Waals surface area contributed by atoms with Gasteiger partial charge in [-0.1, -0.05) is 11.6 Å². The predicted molar refractivity (Wildman–Crippen MR) is 49.1 cm³/mol. The number of nitrogens with two attached hydrogens (primary N) is 1. The molecule has 0 fully saturated rings. The molecule has 0 spiro atoms. The molecular formula is C7H10Cl2N2. The molecule has 0 saturated heterocycles. The first-order chi connectivity index (χ1) is 4.72. The van der Waals surface area contributed by atoms with Crippen LogP contribution in [0.5, 0.6) is 0 Å². The Morgan fingerprint density at radius 3 is 2.64 bits per heavy atom. The van der Waals surface area contributed by atoms with Gasteiger partial charge in [0.1, 0.15) is 0 Å². The van der Waals surface area contributed by atoms with Gasteiger partial charge in [-0.15, -0.1) is 12.4 Å². The Morgan fingerprint density at radius 2 is 2.27 bits per heavy atom. The minimum Gasteiger partial charge on any atom is -0.323 e. The molecule has 0 radical (unpaired) electrons. The van der Waals surface area contributed by atoms with Crippen LogP contribution in [-0.4, -0.2) is 4.98 Å². The lowest BCUT2D eigenvalue weighted by atomic mass is 10.2. The van der Waals surface area contributed by atoms with Crippen LogP contribution >= 0.6 is 24.0 Å². The Labute approximate surface area is 77.2 Å². The van der Waals surface area contributed by atoms with E-state index in [2.05, 4.69) is 4.98 Å². The first kappa shape index (κ1) is 10.7. The molecule has 0 amide bonds. The minimum atomic E-state index is -0.0892. The molecule has 0 unspecified atom stereocenters. The van der Waals surface area contributed by atoms with Crippen molar-refractivity contribution >= 4 is 24.0 Å². The van der Waals surface area contributed by atoms with Crippen molar-refractivity contribution in [3.8, 4) is 0 Å². The van der Waals surface area contributed by atoms with Gasteiger partial charge >= 0.3 is 0 Å². The van der Waals surface area contributed by atoms with Crippen molar-refractivity contribution < 1.29 is 0 Å². The molecule has 0 aromatic carbocycles. The van der Waals surface area contributed by atoms with E-state index >= 15 is 0 Å². The molecule has 0 bridgehead atoms. The standard InChI is InChI=1S/C7H9ClN2.ClH/c1-5(9)7-6(8)3-2-4-10-7;/h2-5H,9H2,1H3;1H/t5-;/m0./s1. The van der Waals surface area contributed by atoms with E-state index < -0.39 is 0 Å². The van der Waals surface area contributed by atoms with Crippen LogP contribution in [0, 0.1) is 0 Å². The second kappa shape index (κ2) is 4.54. The molecule has 0 aliphatic rings. The molecule has 11 heavy (non-hydrogen) atoms. The van der Waals surface area contributed by atoms with Gasteiger partial charge in [0.25, 0.3) is 0 Å². The SMILES string of the molecule is C[C@H](N)c1ncccc1Cl.Cl. The maximum Gasteiger partial charge on any atom is 0.0753 e. The van der Waals surface area contributed by atoms with E-state index in [1.807, 2.05) is 6.92 Å². The van der Waals surface area contributed by atoms with E-state index in [4.69, 9.17) is 17.3 Å². The van der Waals surface area contributed by atoms with Gasteiger partial charge < -0.3 is 5.73 Å². The molecule has 2 nitrogen and oxygen atoms in total. The van der Waals surface area contributed by atoms with E-state index in [-0.39, 0.29) is 18.4 Å². The highest BCUT2D eigenvalue weighted by Crippen LogP contribution is 2.16. The van der Waals surface area contributed by atoms with E-state index in [1.54, 1.807) is 18.3 Å². The maximum atomic E-state index is 5.78. The van der Waals surface area contributed by atoms with E-state index in [0.717, 1.165) is 5.69 Å². The molecule has 0 aliphatic heterocycles. The molecule has 1 heterocycles. The normalized spacial score (nSPS) is 11.9. The van der Waals surface area contributed by atoms with Crippen molar-refractivity contribution in [3.63, 3.8) is 0 Å². The maximum absolute atomic E-state index is 5.78. The predicted octanol–water partition coefficient (Wildman–Crippen LogP) is 2.18. The summed E-state index contributed by atoms with van der Waals surface area (Å²) in [6, 6.07) is 3.48. The number of pyridine rings is 1. The van der Waals surface area contributed by atoms with Gasteiger partial charge in [-0.05, 0) is 19.1 Å². The Kier molecular flexibility index (Phi) is 4.42. The summed E-state index contributed by atoms with van der Waals surface area (Å²) < 4.78 is 0. The summed E-state index contributed by atoms with van der Waals surface area (Å²) >= 11 is 5.78. The lowest BCUT2D eigenvalue weighted by Gasteiger charge is -2.04. The van der Waals surface area contributed by atoms with Crippen molar-refractivity contribution in [2.75, 3.05) is 0 Å². The first-order valence-electron chi connectivity index (χ1n) is 3.08. The summed E-state index contributed by atoms with van der Waals surface area (Å²) in [7, 11) is 0. The summed E-state index contributed by atoms with van der Waals surface area (Å²) in [5.74, 6) is 0. The van der Waals surface area contributed by atoms with Crippen molar-refractivity contribution in [1.82, 2.24) is 4.98 Å². The Balaban J connectivity index is 0.000001000. The highest BCUT2D eigenvalue weighted by molar-refractivity contribution is 6.31. The van der Waals surface area contributed by atoms with Crippen LogP contribution in [0.3, 0.4) is 0 Å². The second-order valence-corrected chi connectivity index (χ2v) is 2.57. The Hall–Kier alpha value is -0.310. The van der Waals surface area contributed by atoms with Gasteiger partial charge in [-0.25, -0.2) is 0 Å². The largest absolute Gasteiger partial charge is 0.323 e. The zero-order valence-electron chi connectivity index (χ0n) is 6.12. The molecule has 2 N–H and O–H groups in total. The van der Waals surface area contributed by atoms with Crippen LogP contribution in [-0.2, 0) is 0 Å². The summed E-state index contributed by atoms with van der Waals surface area (Å²) in [6.45, 7) is 1.86. The number of hydrogen-bond donors (Lipinski definition) is 1. The van der Waals surface area contributed by atoms with Crippen molar-refractivity contribution in [2.45, 2.75) is 13.0 Å². The zero-order valence-corrected chi connectivity index (χ0v) is 7.69. The average molecular weight is 193 g/mol. The fourth-order valence-corrected chi connectivity index (χ4v) is 1.03. The third-order valence-corrected chi connectivity index (χ3v) is 1.54. The van der Waals surface area contributed by atoms with Crippen molar-refractivity contribution in [3.05, 3.63) is 29.0 Å². The molecule has 1 rings (SSSR count). The fourth-order valence-electron chi connectivity index (χ4n) is 0.733. The van der Waals surface area contributed by atoms with Crippen LogP contribution in [0.4, 0.5) is 0 Å². The summed E-state index contributed by atoms with van der Waals surface area (Å²) in [5, 5.41) is 0.637. The molecule has 62 valence electrons. The zero-order chi connectivity index (χ0) is 7.56. The number of halogens is 2. The third kappa shape index (κ3) is 2.66. The molecule has 1 aromatic heterocycles. The van der Waals surface area contributed by atoms with Crippen LogP contribution in [0.2, 0.25) is 5.02 Å². The fraction of sp³-hybridized carbons (Fsp3) is 0.286. The third-order valence-electron chi connectivity index (χ3n) is 1.22. The minimum absolute atomic E-state index is 0. The lowest BCUT2D eigenvalue weighted by molar-refractivity contribution is 0.781. The molecule has 1 aromatic rings. The van der Waals surface area contributed by atoms with Gasteiger partial charge in [0.2, 0.25) is 0 Å². The highest BCUT2D eigenvalue weighted by atomic mass is 35.5. The van der Waals surface area contributed by atoms with Crippen molar-refractivity contribution in [1.29, 1.82) is 0 Å². The summed E-state index contributed by atoms with van der Waals surface area (Å²) in [6.07, 6.45) is 1.69. The molecule has 4 heteroatoms. The quantitative estimate of drug-likeness (QED) is 0.742. The Bertz CT molecular complexity index is 225. The Morgan fingerprint density at radius 1 is 1.64 bits per heavy atom. The van der Waals surface area contributed by atoms with Crippen LogP contribution in [0.1, 0.15) is 18.7 Å². The van der Waals surface area contributed by atoms with Gasteiger partial charge in [0, 0.05) is 12.2 Å². The smallest absolute Gasteiger partial charge is 0.0753 e. The van der Waals surface area contributed by atoms with E-state index in [1.165, 1.54) is 0 Å². The second-order valence-electron chi connectivity index (χ2n) is 2.16. The van der Waals surface area contributed by atoms with Crippen molar-refractivity contribution in [2.24, 2.45) is 5.73 Å². The average Bonchev–Trinajstić information content (AvgIpc) is 1.88. The monoisotopic (exact) mass is 192 g/mol. The van der Waals surface area contributed by atoms with E-state index in [0.29, 0.717) is 5.02 Å². The number of hydrogen-bond acceptors (Lipinski definition) is 2. The van der Waals surface area contributed by atoms with Gasteiger partial charge in [-0.2, -0.15) is 0 Å². The van der Waals surface area contributed by atoms with Crippen LogP contribution < -0.4 is 5.73 Å². The van der Waals surface area contributed by atoms with E-state index in [9.17, 15) is 0 Å². The lowest BCUT2D eigenvalue weighted by Crippen LogP contribution is -2.07. The van der Waals surface area contributed by atoms with Gasteiger partial charge in [0.05, 0.1) is 10.7 Å². The first-order valence-corrected chi connectivity index (χ1v) is 3.45. The summed E-state index contributed by atoms with van der Waals surface area (Å²) in [5.41, 5.74) is 6.32. The topological polar surface area (TPSA) is 38.9 Å². The summed E-state index contributed by atoms with van der Waals surface area (Å²) in [4.78, 5) is 4.02. The highest BCUT2D eigenvalue weighted by Gasteiger charge is 2.03. The molecule has 0 saturated carbocycles. The van der Waals surface area contributed by atoms with Gasteiger partial charge in [0.15, 0.2) is 0 Å². The number of aromatic nitrogens is 1. The molecular weight excluding hydrogens is 183 g/mol. The van der Waals surface area contributed by atoms with Gasteiger partial charge in [-0.3, -0.25) is 4.98 Å². The van der Waals surface area contributed by atoms with Crippen LogP contribution in [0.25, 0.3) is 0 Å². The molecule has 1 atom stereocenters. The number of nitrogens with zero attached hydrogens (tertiary/aromatic N) is 1.